The smallest absolute Gasteiger partial charge is 0.267 e. The maximum absolute atomic E-state index is 11.6. The maximum Gasteiger partial charge on any atom is 0.267 e. The number of hydrogen-bond acceptors (Lipinski definition) is 7. The van der Waals surface area contributed by atoms with Gasteiger partial charge in [-0.15, -0.1) is 0 Å². The summed E-state index contributed by atoms with van der Waals surface area (Å²) < 4.78 is 11.6. The molecule has 0 bridgehead atoms. The Hall–Kier alpha value is -3.10. The fourth-order valence-corrected chi connectivity index (χ4v) is 6.32. The van der Waals surface area contributed by atoms with Gasteiger partial charge in [-0.05, 0) is 56.9 Å². The van der Waals surface area contributed by atoms with E-state index in [9.17, 15) is 4.79 Å². The fourth-order valence-electron chi connectivity index (χ4n) is 5.77. The van der Waals surface area contributed by atoms with Crippen LogP contribution in [0.3, 0.4) is 0 Å². The monoisotopic (exact) mass is 553 g/mol. The third-order valence-electron chi connectivity index (χ3n) is 7.91. The normalized spacial score (nSPS) is 18.4. The Morgan fingerprint density at radius 2 is 1.92 bits per heavy atom. The van der Waals surface area contributed by atoms with Gasteiger partial charge in [0.15, 0.2) is 0 Å². The zero-order valence-electron chi connectivity index (χ0n) is 21.2. The number of pyridine rings is 2. The van der Waals surface area contributed by atoms with Crippen LogP contribution in [0.5, 0.6) is 5.75 Å². The van der Waals surface area contributed by atoms with Crippen molar-refractivity contribution < 1.29 is 14.1 Å². The molecule has 3 aliphatic rings. The van der Waals surface area contributed by atoms with Crippen LogP contribution in [0.2, 0.25) is 10.0 Å². The highest BCUT2D eigenvalue weighted by molar-refractivity contribution is 6.39. The number of amides is 1. The molecule has 3 aromatic heterocycles. The molecule has 2 saturated carbocycles. The number of primary amides is 1. The lowest BCUT2D eigenvalue weighted by molar-refractivity contribution is 0.0995. The van der Waals surface area contributed by atoms with Gasteiger partial charge in [-0.25, -0.2) is 4.98 Å². The van der Waals surface area contributed by atoms with Crippen molar-refractivity contribution in [3.8, 4) is 17.0 Å². The maximum atomic E-state index is 11.6. The number of piperidine rings is 1. The SMILES string of the molecule is CCOc1cc(C(N)=O)ncc1N1CCC2(CC1)CC(=Cc1c(-c3c(Cl)cncc3Cl)noc1C1CC1)C2. The molecule has 4 heterocycles. The third-order valence-corrected chi connectivity index (χ3v) is 8.48. The summed E-state index contributed by atoms with van der Waals surface area (Å²) in [4.78, 5) is 22.2. The van der Waals surface area contributed by atoms with Crippen molar-refractivity contribution in [1.82, 2.24) is 15.1 Å². The molecule has 6 rings (SSSR count). The summed E-state index contributed by atoms with van der Waals surface area (Å²) >= 11 is 12.9. The van der Waals surface area contributed by atoms with Gasteiger partial charge < -0.3 is 19.9 Å². The Bertz CT molecular complexity index is 1390. The average molecular weight is 554 g/mol. The van der Waals surface area contributed by atoms with Crippen LogP contribution in [0.15, 0.2) is 34.8 Å². The quantitative estimate of drug-likeness (QED) is 0.366. The molecular weight excluding hydrogens is 525 g/mol. The molecule has 1 aliphatic heterocycles. The summed E-state index contributed by atoms with van der Waals surface area (Å²) in [5.74, 6) is 1.44. The lowest BCUT2D eigenvalue weighted by atomic mass is 9.60. The second kappa shape index (κ2) is 9.89. The third kappa shape index (κ3) is 4.64. The number of ether oxygens (including phenoxy) is 1. The summed E-state index contributed by atoms with van der Waals surface area (Å²) in [6.45, 7) is 4.23. The highest BCUT2D eigenvalue weighted by atomic mass is 35.5. The molecule has 38 heavy (non-hydrogen) atoms. The Labute approximate surface area is 231 Å². The summed E-state index contributed by atoms with van der Waals surface area (Å²) in [6.07, 6.45) is 13.6. The first-order valence-corrected chi connectivity index (χ1v) is 13.8. The van der Waals surface area contributed by atoms with Gasteiger partial charge >= 0.3 is 0 Å². The highest BCUT2D eigenvalue weighted by Gasteiger charge is 2.43. The molecular formula is C28H29Cl2N5O3. The molecule has 10 heteroatoms. The van der Waals surface area contributed by atoms with E-state index in [0.29, 0.717) is 39.6 Å². The van der Waals surface area contributed by atoms with E-state index in [4.69, 9.17) is 38.2 Å². The van der Waals surface area contributed by atoms with Crippen molar-refractivity contribution in [2.75, 3.05) is 24.6 Å². The molecule has 0 unspecified atom stereocenters. The van der Waals surface area contributed by atoms with E-state index in [1.807, 2.05) is 6.92 Å². The van der Waals surface area contributed by atoms with Crippen molar-refractivity contribution in [1.29, 1.82) is 0 Å². The van der Waals surface area contributed by atoms with Crippen LogP contribution in [0.1, 0.15) is 73.2 Å². The van der Waals surface area contributed by atoms with Gasteiger partial charge in [-0.2, -0.15) is 0 Å². The molecule has 2 aliphatic carbocycles. The minimum atomic E-state index is -0.557. The number of aromatic nitrogens is 3. The lowest BCUT2D eigenvalue weighted by Crippen LogP contribution is -2.44. The van der Waals surface area contributed by atoms with E-state index in [2.05, 4.69) is 26.1 Å². The van der Waals surface area contributed by atoms with Crippen molar-refractivity contribution in [3.05, 3.63) is 57.3 Å². The van der Waals surface area contributed by atoms with Crippen LogP contribution >= 0.6 is 23.2 Å². The Kier molecular flexibility index (Phi) is 6.56. The Balaban J connectivity index is 1.19. The number of nitrogens with zero attached hydrogens (tertiary/aromatic N) is 4. The number of carbonyl (C=O) groups excluding carboxylic acids is 1. The van der Waals surface area contributed by atoms with Gasteiger partial charge in [0.1, 0.15) is 22.9 Å². The minimum absolute atomic E-state index is 0.215. The predicted octanol–water partition coefficient (Wildman–Crippen LogP) is 6.28. The van der Waals surface area contributed by atoms with Crippen LogP contribution < -0.4 is 15.4 Å². The molecule has 1 amide bonds. The van der Waals surface area contributed by atoms with Gasteiger partial charge in [-0.1, -0.05) is 33.9 Å². The van der Waals surface area contributed by atoms with E-state index in [1.54, 1.807) is 24.7 Å². The van der Waals surface area contributed by atoms with Gasteiger partial charge in [-0.3, -0.25) is 9.78 Å². The molecule has 8 nitrogen and oxygen atoms in total. The number of carbonyl (C=O) groups is 1. The molecule has 3 aromatic rings. The molecule has 0 atom stereocenters. The number of halogens is 2. The number of hydrogen-bond donors (Lipinski definition) is 1. The molecule has 1 saturated heterocycles. The average Bonchev–Trinajstić information content (AvgIpc) is 3.65. The molecule has 3 fully saturated rings. The molecule has 198 valence electrons. The van der Waals surface area contributed by atoms with Crippen molar-refractivity contribution in [2.45, 2.75) is 51.4 Å². The van der Waals surface area contributed by atoms with Crippen LogP contribution in [-0.4, -0.2) is 40.7 Å². The molecule has 0 radical (unpaired) electrons. The predicted molar refractivity (Wildman–Crippen MR) is 147 cm³/mol. The van der Waals surface area contributed by atoms with Gasteiger partial charge in [0, 0.05) is 48.6 Å². The number of anilines is 1. The van der Waals surface area contributed by atoms with E-state index < -0.39 is 5.91 Å². The summed E-state index contributed by atoms with van der Waals surface area (Å²) in [5.41, 5.74) is 10.6. The largest absolute Gasteiger partial charge is 0.492 e. The van der Waals surface area contributed by atoms with Gasteiger partial charge in [0.2, 0.25) is 0 Å². The number of rotatable bonds is 7. The van der Waals surface area contributed by atoms with Crippen LogP contribution in [0.4, 0.5) is 5.69 Å². The van der Waals surface area contributed by atoms with Gasteiger partial charge in [0.05, 0.1) is 28.5 Å². The summed E-state index contributed by atoms with van der Waals surface area (Å²) in [7, 11) is 0. The topological polar surface area (TPSA) is 107 Å². The van der Waals surface area contributed by atoms with E-state index in [1.165, 1.54) is 5.57 Å². The second-order valence-electron chi connectivity index (χ2n) is 10.5. The first kappa shape index (κ1) is 25.2. The molecule has 0 aromatic carbocycles. The van der Waals surface area contributed by atoms with E-state index in [-0.39, 0.29) is 11.1 Å². The van der Waals surface area contributed by atoms with Crippen molar-refractivity contribution >= 4 is 40.9 Å². The number of allylic oxidation sites excluding steroid dienone is 1. The van der Waals surface area contributed by atoms with Crippen LogP contribution in [0.25, 0.3) is 17.3 Å². The summed E-state index contributed by atoms with van der Waals surface area (Å²) in [5, 5.41) is 5.33. The standard InChI is InChI=1S/C28H29Cl2N5O3/c1-2-37-23-10-21(27(31)36)33-15-22(23)35-7-5-28(6-8-35)11-16(12-28)9-18-25(34-38-26(18)17-3-4-17)24-19(29)13-32-14-20(24)30/h9-10,13-15,17H,2-8,11-12H2,1H3,(H2,31,36). The van der Waals surface area contributed by atoms with Crippen LogP contribution in [-0.2, 0) is 0 Å². The van der Waals surface area contributed by atoms with Crippen LogP contribution in [0, 0.1) is 5.41 Å². The second-order valence-corrected chi connectivity index (χ2v) is 11.4. The Morgan fingerprint density at radius 1 is 1.21 bits per heavy atom. The zero-order valence-corrected chi connectivity index (χ0v) is 22.7. The number of nitrogens with two attached hydrogens (primary N) is 1. The van der Waals surface area contributed by atoms with E-state index >= 15 is 0 Å². The zero-order chi connectivity index (χ0) is 26.4. The molecule has 2 N–H and O–H groups in total. The van der Waals surface area contributed by atoms with Gasteiger partial charge in [0.25, 0.3) is 5.91 Å². The Morgan fingerprint density at radius 3 is 2.55 bits per heavy atom. The highest BCUT2D eigenvalue weighted by Crippen LogP contribution is 2.55. The molecule has 1 spiro atoms. The van der Waals surface area contributed by atoms with Crippen molar-refractivity contribution in [3.63, 3.8) is 0 Å². The van der Waals surface area contributed by atoms with Crippen molar-refractivity contribution in [2.24, 2.45) is 11.1 Å². The minimum Gasteiger partial charge on any atom is -0.492 e. The lowest BCUT2D eigenvalue weighted by Gasteiger charge is -2.50. The van der Waals surface area contributed by atoms with E-state index in [0.717, 1.165) is 68.6 Å². The summed E-state index contributed by atoms with van der Waals surface area (Å²) in [6, 6.07) is 1.64. The first-order chi connectivity index (χ1) is 18.4. The first-order valence-electron chi connectivity index (χ1n) is 13.0. The fraction of sp³-hybridized carbons (Fsp3) is 0.429.